The molecule has 4 rings (SSSR count). The van der Waals surface area contributed by atoms with Crippen molar-refractivity contribution in [3.63, 3.8) is 0 Å². The highest BCUT2D eigenvalue weighted by atomic mass is 35.5. The topological polar surface area (TPSA) is 80.5 Å². The van der Waals surface area contributed by atoms with Crippen LogP contribution in [0.4, 0.5) is 4.79 Å². The number of halogens is 2. The minimum atomic E-state index is -0.461. The van der Waals surface area contributed by atoms with Crippen LogP contribution in [0.3, 0.4) is 0 Å². The number of nitrogens with one attached hydrogen (secondary N) is 1. The van der Waals surface area contributed by atoms with E-state index >= 15 is 0 Å². The number of ether oxygens (including phenoxy) is 1. The predicted molar refractivity (Wildman–Crippen MR) is 123 cm³/mol. The number of aromatic nitrogens is 2. The Morgan fingerprint density at radius 3 is 2.41 bits per heavy atom. The highest BCUT2D eigenvalue weighted by molar-refractivity contribution is 6.30. The van der Waals surface area contributed by atoms with Gasteiger partial charge in [-0.05, 0) is 55.3 Å². The van der Waals surface area contributed by atoms with Gasteiger partial charge in [0.1, 0.15) is 0 Å². The molecule has 166 valence electrons. The van der Waals surface area contributed by atoms with Crippen LogP contribution in [-0.2, 0) is 4.74 Å². The Morgan fingerprint density at radius 2 is 1.75 bits per heavy atom. The molecule has 1 aromatic heterocycles. The Bertz CT molecular complexity index is 1130. The molecule has 0 saturated heterocycles. The summed E-state index contributed by atoms with van der Waals surface area (Å²) in [6.07, 6.45) is 0.694. The Morgan fingerprint density at radius 1 is 1.09 bits per heavy atom. The van der Waals surface area contributed by atoms with E-state index in [0.29, 0.717) is 41.3 Å². The van der Waals surface area contributed by atoms with Gasteiger partial charge in [-0.2, -0.15) is 4.98 Å². The summed E-state index contributed by atoms with van der Waals surface area (Å²) in [4.78, 5) is 19.2. The first-order chi connectivity index (χ1) is 15.5. The molecule has 2 aromatic carbocycles. The Balaban J connectivity index is 1.76. The molecular formula is C23H22Cl2N4O3. The number of rotatable bonds is 7. The lowest BCUT2D eigenvalue weighted by Crippen LogP contribution is -2.46. The fraction of sp³-hybridized carbons (Fsp3) is 0.261. The van der Waals surface area contributed by atoms with E-state index in [9.17, 15) is 4.79 Å². The van der Waals surface area contributed by atoms with Crippen molar-refractivity contribution < 1.29 is 14.1 Å². The van der Waals surface area contributed by atoms with Crippen molar-refractivity contribution in [1.82, 2.24) is 20.4 Å². The van der Waals surface area contributed by atoms with Gasteiger partial charge < -0.3 is 14.6 Å². The summed E-state index contributed by atoms with van der Waals surface area (Å²) >= 11 is 12.1. The van der Waals surface area contributed by atoms with E-state index < -0.39 is 6.04 Å². The van der Waals surface area contributed by atoms with Crippen molar-refractivity contribution in [2.45, 2.75) is 19.4 Å². The van der Waals surface area contributed by atoms with E-state index in [4.69, 9.17) is 32.5 Å². The second-order valence-electron chi connectivity index (χ2n) is 7.36. The minimum absolute atomic E-state index is 0.195. The number of hydrogen-bond acceptors (Lipinski definition) is 5. The minimum Gasteiger partial charge on any atom is -0.385 e. The summed E-state index contributed by atoms with van der Waals surface area (Å²) < 4.78 is 10.8. The quantitative estimate of drug-likeness (QED) is 0.454. The maximum Gasteiger partial charge on any atom is 0.322 e. The van der Waals surface area contributed by atoms with Crippen molar-refractivity contribution in [3.8, 4) is 11.4 Å². The Hall–Kier alpha value is -2.87. The number of carbonyl (C=O) groups is 1. The average Bonchev–Trinajstić information content (AvgIpc) is 3.26. The third kappa shape index (κ3) is 4.65. The molecule has 0 radical (unpaired) electrons. The zero-order chi connectivity index (χ0) is 22.7. The molecule has 1 aliphatic heterocycles. The molecule has 2 amide bonds. The van der Waals surface area contributed by atoms with Gasteiger partial charge in [-0.1, -0.05) is 40.5 Å². The van der Waals surface area contributed by atoms with E-state index in [-0.39, 0.29) is 6.03 Å². The van der Waals surface area contributed by atoms with Gasteiger partial charge in [0.25, 0.3) is 5.89 Å². The molecule has 9 heteroatoms. The van der Waals surface area contributed by atoms with Crippen LogP contribution in [0.15, 0.2) is 58.8 Å². The molecule has 0 spiro atoms. The van der Waals surface area contributed by atoms with Gasteiger partial charge in [0.2, 0.25) is 5.82 Å². The van der Waals surface area contributed by atoms with Crippen molar-refractivity contribution in [3.05, 3.63) is 75.7 Å². The maximum atomic E-state index is 12.9. The molecule has 0 fully saturated rings. The van der Waals surface area contributed by atoms with Crippen LogP contribution in [0.2, 0.25) is 10.0 Å². The summed E-state index contributed by atoms with van der Waals surface area (Å²) in [5, 5.41) is 8.45. The number of urea groups is 1. The first-order valence-electron chi connectivity index (χ1n) is 10.1. The lowest BCUT2D eigenvalue weighted by molar-refractivity contribution is 0.174. The zero-order valence-electron chi connectivity index (χ0n) is 17.6. The highest BCUT2D eigenvalue weighted by Gasteiger charge is 2.35. The first kappa shape index (κ1) is 22.3. The van der Waals surface area contributed by atoms with Crippen molar-refractivity contribution in [1.29, 1.82) is 0 Å². The van der Waals surface area contributed by atoms with Crippen molar-refractivity contribution in [2.24, 2.45) is 0 Å². The van der Waals surface area contributed by atoms with Crippen LogP contribution in [0.25, 0.3) is 17.0 Å². The molecule has 1 unspecified atom stereocenters. The molecule has 1 N–H and O–H groups in total. The smallest absolute Gasteiger partial charge is 0.322 e. The molecule has 3 aromatic rings. The highest BCUT2D eigenvalue weighted by Crippen LogP contribution is 2.37. The van der Waals surface area contributed by atoms with Gasteiger partial charge in [0.05, 0.1) is 11.6 Å². The standard InChI is InChI=1S/C23H22Cl2N4O3/c1-14-19(22-27-21(28-32-22)16-6-10-18(25)11-7-16)20(15-4-8-17(24)9-5-15)26-23(30)29(14)12-3-13-31-2/h4-11,20H,3,12-13H2,1-2H3,(H,26,30). The normalized spacial score (nSPS) is 16.4. The van der Waals surface area contributed by atoms with Crippen molar-refractivity contribution in [2.75, 3.05) is 20.3 Å². The third-order valence-electron chi connectivity index (χ3n) is 5.29. The van der Waals surface area contributed by atoms with E-state index in [1.165, 1.54) is 0 Å². The zero-order valence-corrected chi connectivity index (χ0v) is 19.2. The van der Waals surface area contributed by atoms with E-state index in [2.05, 4.69) is 15.5 Å². The van der Waals surface area contributed by atoms with Gasteiger partial charge in [-0.3, -0.25) is 4.90 Å². The number of hydrogen-bond donors (Lipinski definition) is 1. The van der Waals surface area contributed by atoms with Crippen LogP contribution in [0.5, 0.6) is 0 Å². The van der Waals surface area contributed by atoms with Crippen LogP contribution in [0.1, 0.15) is 30.8 Å². The molecule has 0 saturated carbocycles. The summed E-state index contributed by atoms with van der Waals surface area (Å²) in [6, 6.07) is 13.9. The summed E-state index contributed by atoms with van der Waals surface area (Å²) in [7, 11) is 1.64. The van der Waals surface area contributed by atoms with Gasteiger partial charge in [0.15, 0.2) is 0 Å². The summed E-state index contributed by atoms with van der Waals surface area (Å²) in [5.74, 6) is 0.777. The predicted octanol–water partition coefficient (Wildman–Crippen LogP) is 5.58. The molecule has 7 nitrogen and oxygen atoms in total. The Labute approximate surface area is 196 Å². The third-order valence-corrected chi connectivity index (χ3v) is 5.79. The molecule has 2 heterocycles. The maximum absolute atomic E-state index is 12.9. The average molecular weight is 473 g/mol. The second kappa shape index (κ2) is 9.73. The number of allylic oxidation sites excluding steroid dienone is 1. The number of benzene rings is 2. The SMILES string of the molecule is COCCCN1C(=O)NC(c2ccc(Cl)cc2)C(c2nc(-c3ccc(Cl)cc3)no2)=C1C. The lowest BCUT2D eigenvalue weighted by atomic mass is 9.94. The molecule has 32 heavy (non-hydrogen) atoms. The van der Waals surface area contributed by atoms with Gasteiger partial charge >= 0.3 is 6.03 Å². The van der Waals surface area contributed by atoms with Gasteiger partial charge in [-0.25, -0.2) is 4.79 Å². The molecule has 1 aliphatic rings. The Kier molecular flexibility index (Phi) is 6.79. The fourth-order valence-electron chi connectivity index (χ4n) is 3.65. The van der Waals surface area contributed by atoms with Crippen LogP contribution >= 0.6 is 23.2 Å². The van der Waals surface area contributed by atoms with Gasteiger partial charge in [0, 0.05) is 41.6 Å². The second-order valence-corrected chi connectivity index (χ2v) is 8.23. The molecule has 0 aliphatic carbocycles. The van der Waals surface area contributed by atoms with Crippen LogP contribution in [-0.4, -0.2) is 41.3 Å². The van der Waals surface area contributed by atoms with Crippen molar-refractivity contribution >= 4 is 34.8 Å². The summed E-state index contributed by atoms with van der Waals surface area (Å²) in [5.41, 5.74) is 3.12. The van der Waals surface area contributed by atoms with E-state index in [0.717, 1.165) is 22.4 Å². The van der Waals surface area contributed by atoms with E-state index in [1.807, 2.05) is 31.2 Å². The first-order valence-corrected chi connectivity index (χ1v) is 10.9. The van der Waals surface area contributed by atoms with E-state index in [1.54, 1.807) is 36.3 Å². The lowest BCUT2D eigenvalue weighted by Gasteiger charge is -2.35. The van der Waals surface area contributed by atoms with Gasteiger partial charge in [-0.15, -0.1) is 0 Å². The molecular weight excluding hydrogens is 451 g/mol. The monoisotopic (exact) mass is 472 g/mol. The van der Waals surface area contributed by atoms with Crippen LogP contribution < -0.4 is 5.32 Å². The molecule has 0 bridgehead atoms. The number of amides is 2. The summed E-state index contributed by atoms with van der Waals surface area (Å²) in [6.45, 7) is 2.94. The fourth-order valence-corrected chi connectivity index (χ4v) is 3.90. The molecule has 1 atom stereocenters. The number of carbonyl (C=O) groups excluding carboxylic acids is 1. The van der Waals surface area contributed by atoms with Crippen LogP contribution in [0, 0.1) is 0 Å². The number of methoxy groups -OCH3 is 1. The largest absolute Gasteiger partial charge is 0.385 e. The number of nitrogens with zero attached hydrogens (tertiary/aromatic N) is 3.